The molecule has 2 fully saturated rings. The minimum absolute atomic E-state index is 0.121. The Morgan fingerprint density at radius 3 is 2.73 bits per heavy atom. The number of amides is 1. The van der Waals surface area contributed by atoms with Crippen LogP contribution in [0.3, 0.4) is 0 Å². The zero-order valence-corrected chi connectivity index (χ0v) is 18.5. The van der Waals surface area contributed by atoms with Gasteiger partial charge in [0.1, 0.15) is 5.58 Å². The van der Waals surface area contributed by atoms with Gasteiger partial charge in [-0.15, -0.1) is 0 Å². The van der Waals surface area contributed by atoms with Crippen molar-refractivity contribution in [3.63, 3.8) is 0 Å². The van der Waals surface area contributed by atoms with Gasteiger partial charge in [0.05, 0.1) is 0 Å². The molecule has 2 heterocycles. The molecule has 5 nitrogen and oxygen atoms in total. The zero-order chi connectivity index (χ0) is 20.9. The van der Waals surface area contributed by atoms with Crippen molar-refractivity contribution in [1.29, 1.82) is 0 Å². The number of ether oxygens (including phenoxy) is 1. The van der Waals surface area contributed by atoms with Crippen LogP contribution in [0.25, 0.3) is 11.0 Å². The average molecular weight is 430 g/mol. The van der Waals surface area contributed by atoms with E-state index in [1.54, 1.807) is 4.90 Å². The summed E-state index contributed by atoms with van der Waals surface area (Å²) in [6.45, 7) is 3.41. The van der Waals surface area contributed by atoms with Crippen molar-refractivity contribution in [2.24, 2.45) is 5.92 Å². The standard InChI is InChI=1S/C24H31NO4S/c1-17-8-7-13-25(14-17)22(26)15-28-24(27)23-20(16-30-18-9-3-2-4-10-18)19-11-5-6-12-21(19)29-23/h5-6,11-12,17-18H,2-4,7-10,13-16H2,1H3/t17-/m0/s1. The van der Waals surface area contributed by atoms with Crippen LogP contribution in [0, 0.1) is 5.92 Å². The van der Waals surface area contributed by atoms with Gasteiger partial charge in [-0.2, -0.15) is 11.8 Å². The molecule has 1 saturated carbocycles. The van der Waals surface area contributed by atoms with Gasteiger partial charge in [0, 0.05) is 35.0 Å². The van der Waals surface area contributed by atoms with E-state index >= 15 is 0 Å². The third-order valence-electron chi connectivity index (χ3n) is 6.24. The van der Waals surface area contributed by atoms with Gasteiger partial charge in [-0.3, -0.25) is 4.79 Å². The summed E-state index contributed by atoms with van der Waals surface area (Å²) < 4.78 is 11.3. The summed E-state index contributed by atoms with van der Waals surface area (Å²) in [6.07, 6.45) is 8.53. The molecule has 2 aromatic rings. The first kappa shape index (κ1) is 21.3. The second-order valence-corrected chi connectivity index (χ2v) is 9.93. The molecule has 0 bridgehead atoms. The summed E-state index contributed by atoms with van der Waals surface area (Å²) in [6, 6.07) is 7.73. The number of rotatable bonds is 6. The first-order valence-electron chi connectivity index (χ1n) is 11.2. The molecule has 0 radical (unpaired) electrons. The molecule has 1 atom stereocenters. The molecular weight excluding hydrogens is 398 g/mol. The van der Waals surface area contributed by atoms with Crippen LogP contribution >= 0.6 is 11.8 Å². The Labute approximate surface area is 182 Å². The van der Waals surface area contributed by atoms with Crippen molar-refractivity contribution in [2.45, 2.75) is 62.9 Å². The summed E-state index contributed by atoms with van der Waals surface area (Å²) in [4.78, 5) is 27.1. The van der Waals surface area contributed by atoms with E-state index < -0.39 is 5.97 Å². The van der Waals surface area contributed by atoms with E-state index in [-0.39, 0.29) is 18.3 Å². The number of esters is 1. The number of carbonyl (C=O) groups excluding carboxylic acids is 2. The highest BCUT2D eigenvalue weighted by Crippen LogP contribution is 2.35. The van der Waals surface area contributed by atoms with Gasteiger partial charge < -0.3 is 14.1 Å². The smallest absolute Gasteiger partial charge is 0.375 e. The van der Waals surface area contributed by atoms with Gasteiger partial charge in [-0.05, 0) is 37.7 Å². The maximum atomic E-state index is 12.8. The first-order chi connectivity index (χ1) is 14.6. The second-order valence-electron chi connectivity index (χ2n) is 8.64. The molecule has 0 spiro atoms. The second kappa shape index (κ2) is 9.90. The van der Waals surface area contributed by atoms with E-state index in [9.17, 15) is 9.59 Å². The Kier molecular flexibility index (Phi) is 7.03. The highest BCUT2D eigenvalue weighted by atomic mass is 32.2. The van der Waals surface area contributed by atoms with Crippen LogP contribution in [0.5, 0.6) is 0 Å². The van der Waals surface area contributed by atoms with Crippen LogP contribution in [0.1, 0.15) is 68.0 Å². The Morgan fingerprint density at radius 2 is 1.93 bits per heavy atom. The van der Waals surface area contributed by atoms with Gasteiger partial charge >= 0.3 is 5.97 Å². The van der Waals surface area contributed by atoms with Crippen molar-refractivity contribution < 1.29 is 18.7 Å². The van der Waals surface area contributed by atoms with Crippen LogP contribution in [0.2, 0.25) is 0 Å². The van der Waals surface area contributed by atoms with Crippen molar-refractivity contribution in [3.05, 3.63) is 35.6 Å². The summed E-state index contributed by atoms with van der Waals surface area (Å²) in [5.41, 5.74) is 1.59. The fraction of sp³-hybridized carbons (Fsp3) is 0.583. The molecule has 30 heavy (non-hydrogen) atoms. The summed E-state index contributed by atoms with van der Waals surface area (Å²) in [5.74, 6) is 0.813. The monoisotopic (exact) mass is 429 g/mol. The van der Waals surface area contributed by atoms with Crippen LogP contribution < -0.4 is 0 Å². The molecule has 1 aromatic carbocycles. The quantitative estimate of drug-likeness (QED) is 0.574. The molecule has 162 valence electrons. The topological polar surface area (TPSA) is 59.8 Å². The lowest BCUT2D eigenvalue weighted by atomic mass is 10.0. The molecule has 0 N–H and O–H groups in total. The minimum Gasteiger partial charge on any atom is -0.450 e. The number of hydrogen-bond acceptors (Lipinski definition) is 5. The maximum absolute atomic E-state index is 12.8. The molecule has 2 aliphatic rings. The van der Waals surface area contributed by atoms with Crippen molar-refractivity contribution in [2.75, 3.05) is 19.7 Å². The van der Waals surface area contributed by atoms with Crippen molar-refractivity contribution in [3.8, 4) is 0 Å². The van der Waals surface area contributed by atoms with Crippen molar-refractivity contribution >= 4 is 34.6 Å². The zero-order valence-electron chi connectivity index (χ0n) is 17.7. The van der Waals surface area contributed by atoms with Gasteiger partial charge in [0.15, 0.2) is 6.61 Å². The first-order valence-corrected chi connectivity index (χ1v) is 12.2. The van der Waals surface area contributed by atoms with Crippen LogP contribution in [0.15, 0.2) is 28.7 Å². The van der Waals surface area contributed by atoms with E-state index in [1.807, 2.05) is 36.0 Å². The number of thioether (sulfide) groups is 1. The Balaban J connectivity index is 1.44. The van der Waals surface area contributed by atoms with Crippen molar-refractivity contribution in [1.82, 2.24) is 4.90 Å². The normalized spacial score (nSPS) is 20.4. The number of likely N-dealkylation sites (tertiary alicyclic amines) is 1. The Hall–Kier alpha value is -1.95. The molecule has 6 heteroatoms. The highest BCUT2D eigenvalue weighted by Gasteiger charge is 2.26. The fourth-order valence-electron chi connectivity index (χ4n) is 4.54. The summed E-state index contributed by atoms with van der Waals surface area (Å²) in [7, 11) is 0. The molecule has 1 saturated heterocycles. The Morgan fingerprint density at radius 1 is 1.13 bits per heavy atom. The lowest BCUT2D eigenvalue weighted by molar-refractivity contribution is -0.136. The van der Waals surface area contributed by atoms with Gasteiger partial charge in [-0.25, -0.2) is 4.79 Å². The predicted molar refractivity (Wildman–Crippen MR) is 120 cm³/mol. The maximum Gasteiger partial charge on any atom is 0.375 e. The lowest BCUT2D eigenvalue weighted by Crippen LogP contribution is -2.41. The van der Waals surface area contributed by atoms with Gasteiger partial charge in [0.25, 0.3) is 5.91 Å². The predicted octanol–water partition coefficient (Wildman–Crippen LogP) is 5.41. The van der Waals surface area contributed by atoms with Crippen LogP contribution in [-0.4, -0.2) is 41.7 Å². The van der Waals surface area contributed by atoms with Crippen LogP contribution in [0.4, 0.5) is 0 Å². The molecule has 4 rings (SSSR count). The summed E-state index contributed by atoms with van der Waals surface area (Å²) in [5, 5.41) is 1.60. The third-order valence-corrected chi connectivity index (χ3v) is 7.63. The van der Waals surface area contributed by atoms with Gasteiger partial charge in [-0.1, -0.05) is 44.4 Å². The van der Waals surface area contributed by atoms with Crippen LogP contribution in [-0.2, 0) is 15.3 Å². The lowest BCUT2D eigenvalue weighted by Gasteiger charge is -2.30. The number of benzene rings is 1. The number of hydrogen-bond donors (Lipinski definition) is 0. The van der Waals surface area contributed by atoms with E-state index in [0.717, 1.165) is 42.6 Å². The molecule has 0 unspecified atom stereocenters. The molecule has 1 amide bonds. The number of piperidine rings is 1. The largest absolute Gasteiger partial charge is 0.450 e. The Bertz CT molecular complexity index is 886. The SMILES string of the molecule is C[C@H]1CCCN(C(=O)COC(=O)c2oc3ccccc3c2CSC2CCCCC2)C1. The van der Waals surface area contributed by atoms with E-state index in [1.165, 1.54) is 32.1 Å². The summed E-state index contributed by atoms with van der Waals surface area (Å²) >= 11 is 1.91. The number of carbonyl (C=O) groups is 2. The highest BCUT2D eigenvalue weighted by molar-refractivity contribution is 7.99. The minimum atomic E-state index is -0.538. The molecule has 1 aliphatic carbocycles. The average Bonchev–Trinajstić information content (AvgIpc) is 3.15. The van der Waals surface area contributed by atoms with Gasteiger partial charge in [0.2, 0.25) is 5.76 Å². The van der Waals surface area contributed by atoms with E-state index in [0.29, 0.717) is 16.8 Å². The number of nitrogens with zero attached hydrogens (tertiary/aromatic N) is 1. The van der Waals surface area contributed by atoms with E-state index in [2.05, 4.69) is 6.92 Å². The number of fused-ring (bicyclic) bond motifs is 1. The number of furan rings is 1. The molecule has 1 aliphatic heterocycles. The third kappa shape index (κ3) is 5.02. The number of para-hydroxylation sites is 1. The molecule has 1 aromatic heterocycles. The molecular formula is C24H31NO4S. The fourth-order valence-corrected chi connectivity index (χ4v) is 5.90. The van der Waals surface area contributed by atoms with E-state index in [4.69, 9.17) is 9.15 Å².